The van der Waals surface area contributed by atoms with Gasteiger partial charge in [0, 0.05) is 36.2 Å². The maximum Gasteiger partial charge on any atom is 0.115 e. The second kappa shape index (κ2) is 5.48. The molecule has 19 heavy (non-hydrogen) atoms. The van der Waals surface area contributed by atoms with Crippen molar-refractivity contribution >= 4 is 0 Å². The number of nitrogens with one attached hydrogen (secondary N) is 1. The summed E-state index contributed by atoms with van der Waals surface area (Å²) in [5.41, 5.74) is 3.64. The Balaban J connectivity index is 1.59. The van der Waals surface area contributed by atoms with Gasteiger partial charge in [0.05, 0.1) is 6.33 Å². The average Bonchev–Trinajstić information content (AvgIpc) is 2.93. The quantitative estimate of drug-likeness (QED) is 0.912. The van der Waals surface area contributed by atoms with Crippen molar-refractivity contribution in [1.29, 1.82) is 0 Å². The third kappa shape index (κ3) is 2.81. The Bertz CT molecular complexity index is 514. The van der Waals surface area contributed by atoms with Crippen LogP contribution in [0.3, 0.4) is 0 Å². The second-order valence-corrected chi connectivity index (χ2v) is 5.22. The molecule has 0 aromatic carbocycles. The zero-order valence-corrected chi connectivity index (χ0v) is 11.2. The Hall–Kier alpha value is -1.75. The SMILES string of the molecule is Cc1cncnc1C1CCN(Cc2cnc[nH]2)CC1. The van der Waals surface area contributed by atoms with Crippen LogP contribution in [0.4, 0.5) is 0 Å². The number of aromatic amines is 1. The van der Waals surface area contributed by atoms with Crippen molar-refractivity contribution in [2.24, 2.45) is 0 Å². The second-order valence-electron chi connectivity index (χ2n) is 5.22. The summed E-state index contributed by atoms with van der Waals surface area (Å²) < 4.78 is 0. The number of nitrogens with zero attached hydrogens (tertiary/aromatic N) is 4. The molecule has 1 aliphatic heterocycles. The van der Waals surface area contributed by atoms with Crippen molar-refractivity contribution in [2.75, 3.05) is 13.1 Å². The highest BCUT2D eigenvalue weighted by molar-refractivity contribution is 5.19. The van der Waals surface area contributed by atoms with E-state index in [1.165, 1.54) is 29.8 Å². The summed E-state index contributed by atoms with van der Waals surface area (Å²) in [5, 5.41) is 0. The molecule has 0 atom stereocenters. The van der Waals surface area contributed by atoms with Crippen LogP contribution < -0.4 is 0 Å². The fraction of sp³-hybridized carbons (Fsp3) is 0.500. The summed E-state index contributed by atoms with van der Waals surface area (Å²) in [5.74, 6) is 0.584. The first-order valence-electron chi connectivity index (χ1n) is 6.79. The Labute approximate surface area is 113 Å². The maximum absolute atomic E-state index is 4.46. The summed E-state index contributed by atoms with van der Waals surface area (Å²) in [6.07, 6.45) is 9.57. The van der Waals surface area contributed by atoms with Crippen LogP contribution in [0, 0.1) is 6.92 Å². The molecule has 0 saturated carbocycles. The summed E-state index contributed by atoms with van der Waals surface area (Å²) in [7, 11) is 0. The fourth-order valence-corrected chi connectivity index (χ4v) is 2.81. The molecular formula is C14H19N5. The van der Waals surface area contributed by atoms with E-state index >= 15 is 0 Å². The lowest BCUT2D eigenvalue weighted by atomic mass is 9.91. The van der Waals surface area contributed by atoms with Crippen molar-refractivity contribution in [3.8, 4) is 0 Å². The molecule has 1 aliphatic rings. The van der Waals surface area contributed by atoms with Crippen LogP contribution in [0.15, 0.2) is 25.0 Å². The first-order chi connectivity index (χ1) is 9.33. The van der Waals surface area contributed by atoms with Gasteiger partial charge < -0.3 is 4.98 Å². The van der Waals surface area contributed by atoms with E-state index in [9.17, 15) is 0 Å². The van der Waals surface area contributed by atoms with Gasteiger partial charge in [0.2, 0.25) is 0 Å². The third-order valence-electron chi connectivity index (χ3n) is 3.86. The van der Waals surface area contributed by atoms with E-state index in [-0.39, 0.29) is 0 Å². The largest absolute Gasteiger partial charge is 0.347 e. The molecule has 2 aromatic heterocycles. The molecule has 100 valence electrons. The smallest absolute Gasteiger partial charge is 0.115 e. The zero-order valence-electron chi connectivity index (χ0n) is 11.2. The number of imidazole rings is 1. The van der Waals surface area contributed by atoms with Crippen LogP contribution >= 0.6 is 0 Å². The van der Waals surface area contributed by atoms with Gasteiger partial charge in [-0.3, -0.25) is 4.90 Å². The first kappa shape index (κ1) is 12.3. The lowest BCUT2D eigenvalue weighted by molar-refractivity contribution is 0.201. The van der Waals surface area contributed by atoms with Gasteiger partial charge in [-0.2, -0.15) is 0 Å². The molecule has 0 bridgehead atoms. The van der Waals surface area contributed by atoms with Gasteiger partial charge in [-0.15, -0.1) is 0 Å². The predicted molar refractivity (Wildman–Crippen MR) is 72.6 cm³/mol. The minimum atomic E-state index is 0.584. The Morgan fingerprint density at radius 1 is 1.26 bits per heavy atom. The van der Waals surface area contributed by atoms with E-state index in [2.05, 4.69) is 31.8 Å². The summed E-state index contributed by atoms with van der Waals surface area (Å²) in [4.78, 5) is 18.2. The topological polar surface area (TPSA) is 57.7 Å². The molecule has 5 heteroatoms. The summed E-state index contributed by atoms with van der Waals surface area (Å²) >= 11 is 0. The van der Waals surface area contributed by atoms with Gasteiger partial charge in [0.1, 0.15) is 6.33 Å². The standard InChI is InChI=1S/C14H19N5/c1-11-6-15-10-18-14(11)12-2-4-19(5-3-12)8-13-7-16-9-17-13/h6-7,9-10,12H,2-5,8H2,1H3,(H,16,17). The zero-order chi connectivity index (χ0) is 13.1. The molecule has 1 fully saturated rings. The third-order valence-corrected chi connectivity index (χ3v) is 3.86. The van der Waals surface area contributed by atoms with Crippen LogP contribution in [0.1, 0.15) is 35.7 Å². The molecule has 5 nitrogen and oxygen atoms in total. The Morgan fingerprint density at radius 3 is 2.79 bits per heavy atom. The van der Waals surface area contributed by atoms with Crippen LogP contribution in [0.2, 0.25) is 0 Å². The molecule has 2 aromatic rings. The van der Waals surface area contributed by atoms with Gasteiger partial charge in [-0.05, 0) is 38.4 Å². The molecule has 0 radical (unpaired) electrons. The van der Waals surface area contributed by atoms with Gasteiger partial charge in [0.15, 0.2) is 0 Å². The van der Waals surface area contributed by atoms with Crippen LogP contribution in [-0.4, -0.2) is 37.9 Å². The lowest BCUT2D eigenvalue weighted by Gasteiger charge is -2.31. The first-order valence-corrected chi connectivity index (χ1v) is 6.79. The van der Waals surface area contributed by atoms with Crippen LogP contribution in [-0.2, 0) is 6.54 Å². The summed E-state index contributed by atoms with van der Waals surface area (Å²) in [6, 6.07) is 0. The minimum absolute atomic E-state index is 0.584. The van der Waals surface area contributed by atoms with Crippen LogP contribution in [0.25, 0.3) is 0 Å². The Morgan fingerprint density at radius 2 is 2.11 bits per heavy atom. The fourth-order valence-electron chi connectivity index (χ4n) is 2.81. The van der Waals surface area contributed by atoms with Crippen molar-refractivity contribution < 1.29 is 0 Å². The van der Waals surface area contributed by atoms with Crippen molar-refractivity contribution in [3.63, 3.8) is 0 Å². The molecule has 0 aliphatic carbocycles. The Kier molecular flexibility index (Phi) is 3.55. The number of hydrogen-bond acceptors (Lipinski definition) is 4. The average molecular weight is 257 g/mol. The highest BCUT2D eigenvalue weighted by Gasteiger charge is 2.22. The normalized spacial score (nSPS) is 17.7. The molecule has 1 saturated heterocycles. The molecule has 3 heterocycles. The summed E-state index contributed by atoms with van der Waals surface area (Å²) in [6.45, 7) is 5.31. The molecule has 1 N–H and O–H groups in total. The van der Waals surface area contributed by atoms with Crippen molar-refractivity contribution in [1.82, 2.24) is 24.8 Å². The number of aryl methyl sites for hydroxylation is 1. The number of likely N-dealkylation sites (tertiary alicyclic amines) is 1. The van der Waals surface area contributed by atoms with Gasteiger partial charge >= 0.3 is 0 Å². The van der Waals surface area contributed by atoms with Gasteiger partial charge in [-0.25, -0.2) is 15.0 Å². The number of aromatic nitrogens is 4. The highest BCUT2D eigenvalue weighted by Crippen LogP contribution is 2.28. The number of H-pyrrole nitrogens is 1. The predicted octanol–water partition coefficient (Wildman–Crippen LogP) is 1.89. The highest BCUT2D eigenvalue weighted by atomic mass is 15.1. The van der Waals surface area contributed by atoms with E-state index in [0.29, 0.717) is 5.92 Å². The number of hydrogen-bond donors (Lipinski definition) is 1. The van der Waals surface area contributed by atoms with E-state index in [1.54, 1.807) is 12.7 Å². The molecule has 0 unspecified atom stereocenters. The minimum Gasteiger partial charge on any atom is -0.347 e. The molecular weight excluding hydrogens is 238 g/mol. The van der Waals surface area contributed by atoms with Gasteiger partial charge in [0.25, 0.3) is 0 Å². The maximum atomic E-state index is 4.46. The molecule has 0 amide bonds. The van der Waals surface area contributed by atoms with Gasteiger partial charge in [-0.1, -0.05) is 0 Å². The van der Waals surface area contributed by atoms with E-state index < -0.39 is 0 Å². The van der Waals surface area contributed by atoms with E-state index in [4.69, 9.17) is 0 Å². The van der Waals surface area contributed by atoms with Crippen molar-refractivity contribution in [3.05, 3.63) is 42.0 Å². The van der Waals surface area contributed by atoms with E-state index in [1.807, 2.05) is 12.4 Å². The number of piperidine rings is 1. The monoisotopic (exact) mass is 257 g/mol. The lowest BCUT2D eigenvalue weighted by Crippen LogP contribution is -2.33. The van der Waals surface area contributed by atoms with Crippen molar-refractivity contribution in [2.45, 2.75) is 32.2 Å². The van der Waals surface area contributed by atoms with E-state index in [0.717, 1.165) is 19.6 Å². The number of rotatable bonds is 3. The molecule has 3 rings (SSSR count). The molecule has 0 spiro atoms. The van der Waals surface area contributed by atoms with Crippen LogP contribution in [0.5, 0.6) is 0 Å².